The van der Waals surface area contributed by atoms with Gasteiger partial charge in [0.15, 0.2) is 17.5 Å². The average molecular weight is 618 g/mol. The first-order valence-corrected chi connectivity index (χ1v) is 16.7. The number of hydrogen-bond donors (Lipinski definition) is 0. The Morgan fingerprint density at radius 1 is 0.354 bits per heavy atom. The summed E-state index contributed by atoms with van der Waals surface area (Å²) < 4.78 is 0. The maximum absolute atomic E-state index is 5.15. The highest BCUT2D eigenvalue weighted by molar-refractivity contribution is 6.13. The van der Waals surface area contributed by atoms with E-state index in [0.29, 0.717) is 17.5 Å². The Morgan fingerprint density at radius 3 is 1.83 bits per heavy atom. The van der Waals surface area contributed by atoms with E-state index in [-0.39, 0.29) is 10.8 Å². The molecule has 0 fully saturated rings. The summed E-state index contributed by atoms with van der Waals surface area (Å²) in [5.74, 6) is 2.00. The largest absolute Gasteiger partial charge is 0.208 e. The van der Waals surface area contributed by atoms with Crippen molar-refractivity contribution < 1.29 is 0 Å². The molecule has 0 N–H and O–H groups in total. The molecule has 0 saturated heterocycles. The van der Waals surface area contributed by atoms with Crippen molar-refractivity contribution in [2.45, 2.75) is 38.5 Å². The molecule has 0 bridgehead atoms. The Morgan fingerprint density at radius 2 is 1.00 bits per heavy atom. The molecule has 0 unspecified atom stereocenters. The molecule has 8 aromatic rings. The van der Waals surface area contributed by atoms with Crippen molar-refractivity contribution in [3.05, 3.63) is 151 Å². The molecule has 0 atom stereocenters. The van der Waals surface area contributed by atoms with E-state index in [2.05, 4.69) is 149 Å². The Kier molecular flexibility index (Phi) is 6.20. The molecule has 0 aliphatic heterocycles. The van der Waals surface area contributed by atoms with E-state index in [1.807, 2.05) is 18.2 Å². The minimum atomic E-state index is -0.0712. The lowest BCUT2D eigenvalue weighted by molar-refractivity contribution is 0.299. The fourth-order valence-electron chi connectivity index (χ4n) is 7.68. The highest BCUT2D eigenvalue weighted by Crippen LogP contribution is 2.54. The fraction of sp³-hybridized carbons (Fsp3) is 0.133. The Labute approximate surface area is 281 Å². The molecule has 230 valence electrons. The normalized spacial score (nSPS) is 14.6. The molecule has 0 radical (unpaired) electrons. The quantitative estimate of drug-likeness (QED) is 0.185. The number of hydrogen-bond acceptors (Lipinski definition) is 3. The number of rotatable bonds is 3. The van der Waals surface area contributed by atoms with E-state index >= 15 is 0 Å². The van der Waals surface area contributed by atoms with Gasteiger partial charge in [-0.25, -0.2) is 15.0 Å². The van der Waals surface area contributed by atoms with Gasteiger partial charge in [0.05, 0.1) is 0 Å². The molecule has 9 rings (SSSR count). The van der Waals surface area contributed by atoms with E-state index in [9.17, 15) is 0 Å². The van der Waals surface area contributed by atoms with Gasteiger partial charge in [0.1, 0.15) is 0 Å². The minimum Gasteiger partial charge on any atom is -0.208 e. The standard InChI is InChI=1S/C45H35N3/c1-44(2)39-20-11-10-17-35(39)38-26-31-23-24-34-33(37(31)27-40(38)45(44,3)4)18-12-19-36(34)43-47-41(29-14-6-5-7-15-29)46-42(48-43)32-22-21-28-13-8-9-16-30(28)25-32/h5-27H,1-4H3. The minimum absolute atomic E-state index is 0.0299. The monoisotopic (exact) mass is 617 g/mol. The van der Waals surface area contributed by atoms with Gasteiger partial charge in [-0.2, -0.15) is 0 Å². The zero-order chi connectivity index (χ0) is 32.6. The van der Waals surface area contributed by atoms with Crippen LogP contribution in [0, 0.1) is 0 Å². The third-order valence-corrected chi connectivity index (χ3v) is 11.1. The Balaban J connectivity index is 1.27. The van der Waals surface area contributed by atoms with E-state index < -0.39 is 0 Å². The maximum atomic E-state index is 5.15. The van der Waals surface area contributed by atoms with Gasteiger partial charge in [0.2, 0.25) is 0 Å². The molecule has 0 saturated carbocycles. The summed E-state index contributed by atoms with van der Waals surface area (Å²) in [6.07, 6.45) is 0. The lowest BCUT2D eigenvalue weighted by Gasteiger charge is -2.48. The number of aromatic nitrogens is 3. The summed E-state index contributed by atoms with van der Waals surface area (Å²) in [4.78, 5) is 15.3. The van der Waals surface area contributed by atoms with Gasteiger partial charge >= 0.3 is 0 Å². The second kappa shape index (κ2) is 10.4. The second-order valence-electron chi connectivity index (χ2n) is 14.1. The van der Waals surface area contributed by atoms with Gasteiger partial charge in [0, 0.05) is 16.7 Å². The smallest absolute Gasteiger partial charge is 0.164 e. The topological polar surface area (TPSA) is 38.7 Å². The molecular weight excluding hydrogens is 583 g/mol. The molecule has 48 heavy (non-hydrogen) atoms. The highest BCUT2D eigenvalue weighted by atomic mass is 15.0. The summed E-state index contributed by atoms with van der Waals surface area (Å²) in [7, 11) is 0. The van der Waals surface area contributed by atoms with Gasteiger partial charge in [-0.1, -0.05) is 149 Å². The third kappa shape index (κ3) is 4.24. The first-order chi connectivity index (χ1) is 23.3. The highest BCUT2D eigenvalue weighted by Gasteiger charge is 2.45. The lowest BCUT2D eigenvalue weighted by Crippen LogP contribution is -2.43. The number of nitrogens with zero attached hydrogens (tertiary/aromatic N) is 3. The van der Waals surface area contributed by atoms with E-state index in [0.717, 1.165) is 27.5 Å². The van der Waals surface area contributed by atoms with E-state index in [1.165, 1.54) is 43.8 Å². The van der Waals surface area contributed by atoms with Crippen molar-refractivity contribution in [2.75, 3.05) is 0 Å². The van der Waals surface area contributed by atoms with Crippen LogP contribution in [0.4, 0.5) is 0 Å². The average Bonchev–Trinajstić information content (AvgIpc) is 3.13. The van der Waals surface area contributed by atoms with Crippen LogP contribution in [-0.2, 0) is 10.8 Å². The zero-order valence-corrected chi connectivity index (χ0v) is 27.6. The van der Waals surface area contributed by atoms with Crippen molar-refractivity contribution in [2.24, 2.45) is 0 Å². The van der Waals surface area contributed by atoms with Crippen LogP contribution in [0.3, 0.4) is 0 Å². The van der Waals surface area contributed by atoms with Crippen LogP contribution in [0.25, 0.3) is 77.6 Å². The molecule has 1 aromatic heterocycles. The van der Waals surface area contributed by atoms with E-state index in [1.54, 1.807) is 0 Å². The number of fused-ring (bicyclic) bond motifs is 7. The van der Waals surface area contributed by atoms with Crippen molar-refractivity contribution in [1.82, 2.24) is 15.0 Å². The van der Waals surface area contributed by atoms with Crippen LogP contribution >= 0.6 is 0 Å². The van der Waals surface area contributed by atoms with Gasteiger partial charge in [-0.3, -0.25) is 0 Å². The van der Waals surface area contributed by atoms with Crippen LogP contribution in [-0.4, -0.2) is 15.0 Å². The Hall–Kier alpha value is -5.67. The molecule has 0 amide bonds. The summed E-state index contributed by atoms with van der Waals surface area (Å²) >= 11 is 0. The predicted molar refractivity (Wildman–Crippen MR) is 200 cm³/mol. The summed E-state index contributed by atoms with van der Waals surface area (Å²) in [5.41, 5.74) is 8.31. The lowest BCUT2D eigenvalue weighted by atomic mass is 9.55. The van der Waals surface area contributed by atoms with Crippen molar-refractivity contribution in [3.63, 3.8) is 0 Å². The first-order valence-electron chi connectivity index (χ1n) is 16.7. The van der Waals surface area contributed by atoms with Gasteiger partial charge in [0.25, 0.3) is 0 Å². The third-order valence-electron chi connectivity index (χ3n) is 11.1. The van der Waals surface area contributed by atoms with Crippen LogP contribution in [0.2, 0.25) is 0 Å². The maximum Gasteiger partial charge on any atom is 0.164 e. The van der Waals surface area contributed by atoms with E-state index in [4.69, 9.17) is 15.0 Å². The zero-order valence-electron chi connectivity index (χ0n) is 27.6. The predicted octanol–water partition coefficient (Wildman–Crippen LogP) is 11.6. The SMILES string of the molecule is CC1(C)c2ccccc2-c2cc3ccc4c(-c5nc(-c6ccccc6)nc(-c6ccc7ccccc7c6)n5)cccc4c3cc2C1(C)C. The second-order valence-corrected chi connectivity index (χ2v) is 14.1. The summed E-state index contributed by atoms with van der Waals surface area (Å²) in [5, 5.41) is 7.18. The molecule has 0 spiro atoms. The molecule has 1 aliphatic rings. The molecule has 3 heteroatoms. The van der Waals surface area contributed by atoms with Gasteiger partial charge in [-0.05, 0) is 83.6 Å². The first kappa shape index (κ1) is 28.5. The van der Waals surface area contributed by atoms with Crippen LogP contribution < -0.4 is 0 Å². The summed E-state index contributed by atoms with van der Waals surface area (Å²) in [6, 6.07) is 49.8. The van der Waals surface area contributed by atoms with Gasteiger partial charge < -0.3 is 0 Å². The van der Waals surface area contributed by atoms with Crippen LogP contribution in [0.1, 0.15) is 38.8 Å². The van der Waals surface area contributed by atoms with Crippen molar-refractivity contribution >= 4 is 32.3 Å². The molecule has 7 aromatic carbocycles. The molecule has 3 nitrogen and oxygen atoms in total. The van der Waals surface area contributed by atoms with Crippen molar-refractivity contribution in [1.29, 1.82) is 0 Å². The van der Waals surface area contributed by atoms with Gasteiger partial charge in [-0.15, -0.1) is 0 Å². The van der Waals surface area contributed by atoms with Crippen LogP contribution in [0.15, 0.2) is 140 Å². The number of benzene rings is 7. The molecule has 1 heterocycles. The van der Waals surface area contributed by atoms with Crippen LogP contribution in [0.5, 0.6) is 0 Å². The fourth-order valence-corrected chi connectivity index (χ4v) is 7.68. The van der Waals surface area contributed by atoms with Crippen molar-refractivity contribution in [3.8, 4) is 45.3 Å². The summed E-state index contributed by atoms with van der Waals surface area (Å²) in [6.45, 7) is 9.57. The Bertz CT molecular complexity index is 2560. The molecular formula is C45H35N3. The molecule has 1 aliphatic carbocycles.